The number of halogens is 1. The molecular formula is C96H134FN17O5. The van der Waals surface area contributed by atoms with E-state index in [1.165, 1.54) is 155 Å². The number of rotatable bonds is 42. The van der Waals surface area contributed by atoms with E-state index in [9.17, 15) is 4.39 Å². The van der Waals surface area contributed by atoms with Crippen LogP contribution in [0.25, 0.3) is 56.3 Å². The minimum absolute atomic E-state index is 0.181. The van der Waals surface area contributed by atoms with Crippen molar-refractivity contribution in [2.75, 3.05) is 81.2 Å². The van der Waals surface area contributed by atoms with Crippen LogP contribution in [0.1, 0.15) is 198 Å². The molecule has 5 N–H and O–H groups in total. The molecule has 0 spiro atoms. The minimum atomic E-state index is -0.306. The molecule has 640 valence electrons. The number of aromatic amines is 5. The van der Waals surface area contributed by atoms with Crippen molar-refractivity contribution in [2.24, 2.45) is 11.8 Å². The van der Waals surface area contributed by atoms with Crippen LogP contribution in [0.2, 0.25) is 0 Å². The number of benzene rings is 5. The van der Waals surface area contributed by atoms with Gasteiger partial charge < -0.3 is 48.2 Å². The number of unbranched alkanes of at least 4 members (excludes halogenated alkanes) is 5. The highest BCUT2D eigenvalue weighted by Gasteiger charge is 2.24. The van der Waals surface area contributed by atoms with Gasteiger partial charge in [-0.15, -0.1) is 0 Å². The Morgan fingerprint density at radius 1 is 0.370 bits per heavy atom. The van der Waals surface area contributed by atoms with Crippen molar-refractivity contribution in [2.45, 2.75) is 215 Å². The Bertz CT molecular complexity index is 4570. The first-order chi connectivity index (χ1) is 58.0. The van der Waals surface area contributed by atoms with E-state index in [-0.39, 0.29) is 11.9 Å². The zero-order valence-electron chi connectivity index (χ0n) is 73.1. The number of hydrogen-bond acceptors (Lipinski definition) is 17. The predicted molar refractivity (Wildman–Crippen MR) is 478 cm³/mol. The van der Waals surface area contributed by atoms with Crippen molar-refractivity contribution in [3.8, 4) is 90.8 Å². The van der Waals surface area contributed by atoms with E-state index < -0.39 is 0 Å². The maximum Gasteiger partial charge on any atom is 0.165 e. The molecule has 14 rings (SSSR count). The zero-order valence-corrected chi connectivity index (χ0v) is 73.1. The molecule has 3 aliphatic carbocycles. The zero-order chi connectivity index (χ0) is 83.9. The van der Waals surface area contributed by atoms with Crippen molar-refractivity contribution in [1.82, 2.24) is 85.5 Å². The van der Waals surface area contributed by atoms with Crippen LogP contribution >= 0.6 is 0 Å². The third-order valence-corrected chi connectivity index (χ3v) is 21.8. The van der Waals surface area contributed by atoms with Gasteiger partial charge in [-0.25, -0.2) is 14.4 Å². The summed E-state index contributed by atoms with van der Waals surface area (Å²) < 4.78 is 43.3. The molecule has 0 amide bonds. The fraction of sp³-hybridized carbons (Fsp3) is 0.490. The number of nitrogens with zero attached hydrogens (tertiary/aromatic N) is 12. The van der Waals surface area contributed by atoms with Gasteiger partial charge in [0, 0.05) is 88.4 Å². The second-order valence-electron chi connectivity index (χ2n) is 32.9. The summed E-state index contributed by atoms with van der Waals surface area (Å²) in [5.74, 6) is 5.57. The highest BCUT2D eigenvalue weighted by molar-refractivity contribution is 5.67. The van der Waals surface area contributed by atoms with Crippen molar-refractivity contribution < 1.29 is 28.1 Å². The summed E-state index contributed by atoms with van der Waals surface area (Å²) in [5.41, 5.74) is 16.7. The van der Waals surface area contributed by atoms with Crippen LogP contribution in [-0.2, 0) is 32.7 Å². The second-order valence-corrected chi connectivity index (χ2v) is 32.9. The Morgan fingerprint density at radius 3 is 1.01 bits per heavy atom. The quantitative estimate of drug-likeness (QED) is 0.0239. The first-order valence-corrected chi connectivity index (χ1v) is 43.8. The van der Waals surface area contributed by atoms with Crippen LogP contribution in [0.3, 0.4) is 0 Å². The minimum Gasteiger partial charge on any atom is -0.493 e. The molecule has 3 saturated carbocycles. The second kappa shape index (κ2) is 49.5. The van der Waals surface area contributed by atoms with E-state index in [0.29, 0.717) is 23.5 Å². The summed E-state index contributed by atoms with van der Waals surface area (Å²) in [5, 5.41) is 36.7. The third kappa shape index (κ3) is 30.0. The Morgan fingerprint density at radius 2 is 0.689 bits per heavy atom. The lowest BCUT2D eigenvalue weighted by molar-refractivity contribution is 0.115. The third-order valence-electron chi connectivity index (χ3n) is 21.8. The monoisotopic (exact) mass is 1620 g/mol. The van der Waals surface area contributed by atoms with Gasteiger partial charge in [0.1, 0.15) is 29.3 Å². The molecule has 6 heterocycles. The van der Waals surface area contributed by atoms with Crippen molar-refractivity contribution in [3.63, 3.8) is 0 Å². The standard InChI is InChI=1S/C20H29N3O.C19H26FN3O.C19H23N5O.C19H27N3O.C19H29N3O/c1-3-4-12-23(2)14-18-13-21-22-20(18)17-8-10-19(11-9-17)24-15-16-6-5-7-16;1-3-4-10-23(2)13-15-12-21-22-19(15)14-8-9-18(17(20)11-14)24-16-6-5-7-16;1-3-4-9-24(2)13-16-10-22-23-19(16)15-5-7-17(8-6-15)25-18-11-20-14-21-12-18;1-3-4-12-22(2)14-16-13-20-21-19(16)15-8-10-18(11-9-15)23-17-6-5-7-17;1-5-6-11-22(4)13-17-12-20-21-19(17)16-7-9-18(10-8-16)23-14-15(2)3/h8-11,13,16H,3-7,12,14-15H2,1-2H3,(H,21,22);8-9,11-12,16H,3-7,10,13H2,1-2H3,(H,21,22);5-8,10-12,14H,3-4,9,13H2,1-2H3,(H,22,23);8-11,13,17H,3-7,12,14H2,1-2H3,(H,20,21);7-10,12,15H,5-6,11,13-14H2,1-4H3,(H,20,21). The number of ether oxygens (including phenoxy) is 5. The van der Waals surface area contributed by atoms with Crippen molar-refractivity contribution in [1.29, 1.82) is 0 Å². The van der Waals surface area contributed by atoms with Gasteiger partial charge >= 0.3 is 0 Å². The molecule has 6 aromatic heterocycles. The SMILES string of the molecule is CCCCN(C)Cc1cn[nH]c1-c1ccc(OC2CCC2)c(F)c1.CCCCN(C)Cc1cn[nH]c1-c1ccc(OC2CCC2)cc1.CCCCN(C)Cc1cn[nH]c1-c1ccc(OCC(C)C)cc1.CCCCN(C)Cc1cn[nH]c1-c1ccc(OCC2CCC2)cc1.CCCCN(C)Cc1cn[nH]c1-c1ccc(Oc2cncnc2)cc1. The number of H-pyrrole nitrogens is 5. The topological polar surface area (TPSA) is 232 Å². The van der Waals surface area contributed by atoms with E-state index in [1.54, 1.807) is 18.5 Å². The van der Waals surface area contributed by atoms with E-state index in [0.717, 1.165) is 171 Å². The molecular weight excluding hydrogens is 1490 g/mol. The Kier molecular flexibility index (Phi) is 38.0. The molecule has 3 aliphatic rings. The molecule has 0 saturated heterocycles. The summed E-state index contributed by atoms with van der Waals surface area (Å²) in [6.07, 6.45) is 38.0. The average molecular weight is 1630 g/mol. The van der Waals surface area contributed by atoms with Crippen LogP contribution in [0, 0.1) is 17.7 Å². The highest BCUT2D eigenvalue weighted by Crippen LogP contribution is 2.35. The summed E-state index contributed by atoms with van der Waals surface area (Å²) >= 11 is 0. The van der Waals surface area contributed by atoms with Crippen LogP contribution in [0.15, 0.2) is 165 Å². The molecule has 3 fully saturated rings. The van der Waals surface area contributed by atoms with Gasteiger partial charge in [-0.2, -0.15) is 25.5 Å². The largest absolute Gasteiger partial charge is 0.493 e. The van der Waals surface area contributed by atoms with Gasteiger partial charge in [0.05, 0.1) is 97.3 Å². The predicted octanol–water partition coefficient (Wildman–Crippen LogP) is 21.3. The molecule has 0 radical (unpaired) electrons. The van der Waals surface area contributed by atoms with Crippen LogP contribution in [-0.4, -0.2) is 179 Å². The highest BCUT2D eigenvalue weighted by atomic mass is 19.1. The first kappa shape index (κ1) is 91.3. The molecule has 11 aromatic rings. The number of nitrogens with one attached hydrogen (secondary N) is 5. The summed E-state index contributed by atoms with van der Waals surface area (Å²) in [6, 6.07) is 38.1. The Balaban J connectivity index is 0.000000157. The van der Waals surface area contributed by atoms with Gasteiger partial charge in [0.2, 0.25) is 0 Å². The molecule has 23 heteroatoms. The maximum absolute atomic E-state index is 14.4. The molecule has 22 nitrogen and oxygen atoms in total. The number of hydrogen-bond donors (Lipinski definition) is 5. The lowest BCUT2D eigenvalue weighted by Gasteiger charge is -2.26. The maximum atomic E-state index is 14.4. The van der Waals surface area contributed by atoms with Crippen molar-refractivity contribution >= 4 is 0 Å². The van der Waals surface area contributed by atoms with Gasteiger partial charge in [-0.1, -0.05) is 87.0 Å². The number of aromatic nitrogens is 12. The summed E-state index contributed by atoms with van der Waals surface area (Å²) in [6.45, 7) is 26.9. The van der Waals surface area contributed by atoms with Gasteiger partial charge in [-0.3, -0.25) is 25.5 Å². The first-order valence-electron chi connectivity index (χ1n) is 43.8. The van der Waals surface area contributed by atoms with Gasteiger partial charge in [0.25, 0.3) is 0 Å². The van der Waals surface area contributed by atoms with Crippen LogP contribution in [0.5, 0.6) is 34.5 Å². The lowest BCUT2D eigenvalue weighted by Crippen LogP contribution is -2.24. The normalized spacial score (nSPS) is 13.4. The lowest BCUT2D eigenvalue weighted by atomic mass is 9.86. The Labute approximate surface area is 707 Å². The summed E-state index contributed by atoms with van der Waals surface area (Å²) in [4.78, 5) is 19.5. The van der Waals surface area contributed by atoms with E-state index in [1.807, 2.05) is 73.4 Å². The molecule has 5 aromatic carbocycles. The Hall–Kier alpha value is -10.0. The molecule has 0 unspecified atom stereocenters. The molecule has 119 heavy (non-hydrogen) atoms. The molecule has 0 aliphatic heterocycles. The van der Waals surface area contributed by atoms with E-state index in [2.05, 4.69) is 230 Å². The smallest absolute Gasteiger partial charge is 0.165 e. The molecule has 0 atom stereocenters. The van der Waals surface area contributed by atoms with Crippen molar-refractivity contribution in [3.05, 3.63) is 199 Å². The summed E-state index contributed by atoms with van der Waals surface area (Å²) in [7, 11) is 10.7. The average Bonchev–Trinajstić information content (AvgIpc) is 1.68. The van der Waals surface area contributed by atoms with Gasteiger partial charge in [-0.05, 0) is 279 Å². The van der Waals surface area contributed by atoms with Gasteiger partial charge in [0.15, 0.2) is 17.3 Å². The van der Waals surface area contributed by atoms with Crippen LogP contribution < -0.4 is 23.7 Å². The van der Waals surface area contributed by atoms with E-state index in [4.69, 9.17) is 23.7 Å². The fourth-order valence-electron chi connectivity index (χ4n) is 13.9. The fourth-order valence-corrected chi connectivity index (χ4v) is 13.9. The molecule has 0 bridgehead atoms. The van der Waals surface area contributed by atoms with Crippen LogP contribution in [0.4, 0.5) is 4.39 Å². The van der Waals surface area contributed by atoms with E-state index >= 15 is 0 Å².